The highest BCUT2D eigenvalue weighted by Crippen LogP contribution is 2.24. The number of hydrogen-bond acceptors (Lipinski definition) is 5. The molecule has 122 valence electrons. The van der Waals surface area contributed by atoms with E-state index in [0.29, 0.717) is 33.4 Å². The van der Waals surface area contributed by atoms with Crippen molar-refractivity contribution in [3.63, 3.8) is 0 Å². The molecule has 0 atom stereocenters. The van der Waals surface area contributed by atoms with Crippen molar-refractivity contribution in [1.82, 2.24) is 9.97 Å². The number of carboxylic acids is 1. The van der Waals surface area contributed by atoms with Gasteiger partial charge in [-0.15, -0.1) is 0 Å². The molecule has 0 bridgehead atoms. The Bertz CT molecular complexity index is 868. The average Bonchev–Trinajstić information content (AvgIpc) is 2.56. The number of rotatable bonds is 6. The molecular weight excluding hydrogens is 332 g/mol. The Labute approximate surface area is 142 Å². The van der Waals surface area contributed by atoms with Crippen LogP contribution in [0.25, 0.3) is 11.0 Å². The maximum Gasteiger partial charge on any atom is 0.306 e. The molecule has 0 radical (unpaired) electrons. The average molecular weight is 345 g/mol. The van der Waals surface area contributed by atoms with Gasteiger partial charge in [-0.1, -0.05) is 11.6 Å². The lowest BCUT2D eigenvalue weighted by Gasteiger charge is -2.07. The quantitative estimate of drug-likeness (QED) is 0.729. The highest BCUT2D eigenvalue weighted by Gasteiger charge is 2.04. The van der Waals surface area contributed by atoms with Crippen LogP contribution in [0.15, 0.2) is 48.7 Å². The van der Waals surface area contributed by atoms with Gasteiger partial charge in [0.25, 0.3) is 0 Å². The fraction of sp³-hybridized carbons (Fsp3) is 0.118. The summed E-state index contributed by atoms with van der Waals surface area (Å²) in [5.41, 5.74) is 1.38. The van der Waals surface area contributed by atoms with E-state index in [0.717, 1.165) is 0 Å². The number of aliphatic carboxylic acids is 1. The number of aromatic nitrogens is 2. The lowest BCUT2D eigenvalue weighted by Crippen LogP contribution is -2.04. The van der Waals surface area contributed by atoms with E-state index in [-0.39, 0.29) is 13.0 Å². The van der Waals surface area contributed by atoms with Crippen LogP contribution < -0.4 is 9.47 Å². The molecule has 0 aliphatic heterocycles. The number of hydrogen-bond donors (Lipinski definition) is 1. The van der Waals surface area contributed by atoms with Gasteiger partial charge in [0, 0.05) is 5.02 Å². The van der Waals surface area contributed by atoms with Crippen molar-refractivity contribution in [2.24, 2.45) is 0 Å². The number of carbonyl (C=O) groups is 1. The largest absolute Gasteiger partial charge is 0.493 e. The van der Waals surface area contributed by atoms with Crippen LogP contribution in [0.4, 0.5) is 0 Å². The van der Waals surface area contributed by atoms with E-state index < -0.39 is 5.97 Å². The monoisotopic (exact) mass is 344 g/mol. The number of ether oxygens (including phenoxy) is 2. The highest BCUT2D eigenvalue weighted by molar-refractivity contribution is 6.31. The molecule has 3 aromatic rings. The van der Waals surface area contributed by atoms with Gasteiger partial charge in [0.05, 0.1) is 30.3 Å². The second-order valence-corrected chi connectivity index (χ2v) is 5.34. The summed E-state index contributed by atoms with van der Waals surface area (Å²) in [5, 5.41) is 9.17. The Kier molecular flexibility index (Phi) is 4.77. The fourth-order valence-electron chi connectivity index (χ4n) is 2.00. The zero-order chi connectivity index (χ0) is 16.9. The summed E-state index contributed by atoms with van der Waals surface area (Å²) in [4.78, 5) is 19.1. The SMILES string of the molecule is O=C(O)CCOc1ccc(Oc2cnc3cc(Cl)ccc3n2)cc1. The van der Waals surface area contributed by atoms with Crippen LogP contribution >= 0.6 is 11.6 Å². The summed E-state index contributed by atoms with van der Waals surface area (Å²) >= 11 is 5.91. The van der Waals surface area contributed by atoms with Crippen molar-refractivity contribution in [3.05, 3.63) is 53.7 Å². The van der Waals surface area contributed by atoms with Crippen molar-refractivity contribution in [2.45, 2.75) is 6.42 Å². The molecule has 1 aromatic heterocycles. The van der Waals surface area contributed by atoms with Crippen molar-refractivity contribution in [3.8, 4) is 17.4 Å². The Morgan fingerprint density at radius 1 is 1.08 bits per heavy atom. The maximum atomic E-state index is 10.4. The minimum atomic E-state index is -0.897. The molecule has 0 fully saturated rings. The lowest BCUT2D eigenvalue weighted by atomic mass is 10.3. The summed E-state index contributed by atoms with van der Waals surface area (Å²) in [7, 11) is 0. The Morgan fingerprint density at radius 2 is 1.83 bits per heavy atom. The topological polar surface area (TPSA) is 81.5 Å². The molecule has 0 spiro atoms. The van der Waals surface area contributed by atoms with Crippen molar-refractivity contribution >= 4 is 28.6 Å². The molecule has 1 heterocycles. The van der Waals surface area contributed by atoms with Gasteiger partial charge in [-0.2, -0.15) is 0 Å². The zero-order valence-electron chi connectivity index (χ0n) is 12.5. The van der Waals surface area contributed by atoms with E-state index in [2.05, 4.69) is 9.97 Å². The molecule has 6 nitrogen and oxygen atoms in total. The summed E-state index contributed by atoms with van der Waals surface area (Å²) < 4.78 is 11.0. The van der Waals surface area contributed by atoms with E-state index in [9.17, 15) is 4.79 Å². The predicted octanol–water partition coefficient (Wildman–Crippen LogP) is 3.93. The third-order valence-electron chi connectivity index (χ3n) is 3.11. The zero-order valence-corrected chi connectivity index (χ0v) is 13.2. The molecule has 0 saturated heterocycles. The van der Waals surface area contributed by atoms with Crippen LogP contribution in [0, 0.1) is 0 Å². The van der Waals surface area contributed by atoms with Crippen LogP contribution in [0.1, 0.15) is 6.42 Å². The van der Waals surface area contributed by atoms with Gasteiger partial charge in [0.1, 0.15) is 11.5 Å². The molecule has 0 aliphatic rings. The fourth-order valence-corrected chi connectivity index (χ4v) is 2.16. The van der Waals surface area contributed by atoms with Crippen molar-refractivity contribution in [1.29, 1.82) is 0 Å². The third kappa shape index (κ3) is 4.11. The standard InChI is InChI=1S/C17H13ClN2O4/c18-11-1-6-14-15(9-11)19-10-16(20-14)24-13-4-2-12(3-5-13)23-8-7-17(21)22/h1-6,9-10H,7-8H2,(H,21,22). The minimum absolute atomic E-state index is 0.0467. The summed E-state index contributed by atoms with van der Waals surface area (Å²) in [6.45, 7) is 0.119. The van der Waals surface area contributed by atoms with Crippen LogP contribution in [0.5, 0.6) is 17.4 Å². The molecule has 1 N–H and O–H groups in total. The molecule has 0 unspecified atom stereocenters. The summed E-state index contributed by atoms with van der Waals surface area (Å²) in [5.74, 6) is 0.613. The third-order valence-corrected chi connectivity index (χ3v) is 3.35. The molecule has 2 aromatic carbocycles. The molecule has 24 heavy (non-hydrogen) atoms. The van der Waals surface area contributed by atoms with E-state index in [4.69, 9.17) is 26.2 Å². The second-order valence-electron chi connectivity index (χ2n) is 4.91. The molecular formula is C17H13ClN2O4. The number of carboxylic acid groups (broad SMARTS) is 1. The van der Waals surface area contributed by atoms with Gasteiger partial charge < -0.3 is 14.6 Å². The number of halogens is 1. The summed E-state index contributed by atoms with van der Waals surface area (Å²) in [6.07, 6.45) is 1.48. The summed E-state index contributed by atoms with van der Waals surface area (Å²) in [6, 6.07) is 12.1. The molecule has 0 saturated carbocycles. The predicted molar refractivity (Wildman–Crippen MR) is 88.8 cm³/mol. The Morgan fingerprint density at radius 3 is 2.58 bits per heavy atom. The van der Waals surface area contributed by atoms with Crippen molar-refractivity contribution in [2.75, 3.05) is 6.61 Å². The maximum absolute atomic E-state index is 10.4. The van der Waals surface area contributed by atoms with Gasteiger partial charge in [0.2, 0.25) is 5.88 Å². The van der Waals surface area contributed by atoms with Crippen LogP contribution in [-0.4, -0.2) is 27.7 Å². The number of nitrogens with zero attached hydrogens (tertiary/aromatic N) is 2. The smallest absolute Gasteiger partial charge is 0.306 e. The van der Waals surface area contributed by atoms with Gasteiger partial charge in [0.15, 0.2) is 0 Å². The van der Waals surface area contributed by atoms with Crippen LogP contribution in [-0.2, 0) is 4.79 Å². The van der Waals surface area contributed by atoms with E-state index in [1.807, 2.05) is 0 Å². The normalized spacial score (nSPS) is 10.5. The van der Waals surface area contributed by atoms with Crippen LogP contribution in [0.2, 0.25) is 5.02 Å². The minimum Gasteiger partial charge on any atom is -0.493 e. The van der Waals surface area contributed by atoms with E-state index in [1.165, 1.54) is 6.20 Å². The lowest BCUT2D eigenvalue weighted by molar-refractivity contribution is -0.137. The first-order chi connectivity index (χ1) is 11.6. The first-order valence-corrected chi connectivity index (χ1v) is 7.53. The number of fused-ring (bicyclic) bond motifs is 1. The second kappa shape index (κ2) is 7.14. The Hall–Kier alpha value is -2.86. The van der Waals surface area contributed by atoms with Gasteiger partial charge in [-0.3, -0.25) is 4.79 Å². The molecule has 0 aliphatic carbocycles. The molecule has 7 heteroatoms. The Balaban J connectivity index is 1.67. The van der Waals surface area contributed by atoms with E-state index >= 15 is 0 Å². The first-order valence-electron chi connectivity index (χ1n) is 7.15. The highest BCUT2D eigenvalue weighted by atomic mass is 35.5. The van der Waals surface area contributed by atoms with Gasteiger partial charge in [-0.25, -0.2) is 9.97 Å². The van der Waals surface area contributed by atoms with Crippen molar-refractivity contribution < 1.29 is 19.4 Å². The molecule has 3 rings (SSSR count). The van der Waals surface area contributed by atoms with E-state index in [1.54, 1.807) is 42.5 Å². The van der Waals surface area contributed by atoms with Crippen LogP contribution in [0.3, 0.4) is 0 Å². The number of benzene rings is 2. The van der Waals surface area contributed by atoms with Gasteiger partial charge in [-0.05, 0) is 42.5 Å². The molecule has 0 amide bonds. The first kappa shape index (κ1) is 16.0. The van der Waals surface area contributed by atoms with Gasteiger partial charge >= 0.3 is 5.97 Å².